The second-order valence-electron chi connectivity index (χ2n) is 5.50. The van der Waals surface area contributed by atoms with Crippen LogP contribution in [0.25, 0.3) is 0 Å². The molecule has 2 rings (SSSR count). The van der Waals surface area contributed by atoms with Gasteiger partial charge in [-0.1, -0.05) is 19.8 Å². The van der Waals surface area contributed by atoms with Gasteiger partial charge in [0.05, 0.1) is 6.10 Å². The lowest BCUT2D eigenvalue weighted by molar-refractivity contribution is 0.232. The van der Waals surface area contributed by atoms with Crippen LogP contribution in [0.1, 0.15) is 46.5 Å². The van der Waals surface area contributed by atoms with Crippen molar-refractivity contribution in [3.05, 3.63) is 12.3 Å². The minimum Gasteiger partial charge on any atom is -0.475 e. The molecule has 1 aliphatic carbocycles. The van der Waals surface area contributed by atoms with Crippen LogP contribution in [0, 0.1) is 5.92 Å². The van der Waals surface area contributed by atoms with Crippen LogP contribution >= 0.6 is 0 Å². The summed E-state index contributed by atoms with van der Waals surface area (Å²) < 4.78 is 5.57. The van der Waals surface area contributed by atoms with Crippen LogP contribution in [0.15, 0.2) is 12.3 Å². The molecule has 1 aromatic heterocycles. The van der Waals surface area contributed by atoms with E-state index in [0.717, 1.165) is 5.92 Å². The number of hydrogen-bond acceptors (Lipinski definition) is 4. The summed E-state index contributed by atoms with van der Waals surface area (Å²) in [7, 11) is 0. The van der Waals surface area contributed by atoms with Gasteiger partial charge in [-0.2, -0.15) is 4.98 Å². The number of nitrogens with one attached hydrogen (secondary N) is 1. The van der Waals surface area contributed by atoms with E-state index in [-0.39, 0.29) is 6.10 Å². The van der Waals surface area contributed by atoms with Crippen LogP contribution in [0.2, 0.25) is 0 Å². The van der Waals surface area contributed by atoms with Gasteiger partial charge < -0.3 is 10.1 Å². The minimum absolute atomic E-state index is 0.141. The molecule has 18 heavy (non-hydrogen) atoms. The molecule has 0 saturated heterocycles. The lowest BCUT2D eigenvalue weighted by atomic mass is 9.87. The maximum Gasteiger partial charge on any atom is 0.226 e. The summed E-state index contributed by atoms with van der Waals surface area (Å²) in [5.74, 6) is 2.13. The zero-order valence-electron chi connectivity index (χ0n) is 11.5. The van der Waals surface area contributed by atoms with Crippen molar-refractivity contribution in [1.82, 2.24) is 9.97 Å². The SMILES string of the molecule is CC1CCCC(Nc2nccc(OC(C)C)n2)C1. The monoisotopic (exact) mass is 249 g/mol. The van der Waals surface area contributed by atoms with Crippen LogP contribution in [0.3, 0.4) is 0 Å². The van der Waals surface area contributed by atoms with Gasteiger partial charge in [-0.05, 0) is 32.6 Å². The van der Waals surface area contributed by atoms with Gasteiger partial charge >= 0.3 is 0 Å². The normalized spacial score (nSPS) is 24.0. The van der Waals surface area contributed by atoms with E-state index in [0.29, 0.717) is 17.9 Å². The lowest BCUT2D eigenvalue weighted by Gasteiger charge is -2.27. The van der Waals surface area contributed by atoms with Gasteiger partial charge in [-0.15, -0.1) is 0 Å². The van der Waals surface area contributed by atoms with Crippen molar-refractivity contribution >= 4 is 5.95 Å². The van der Waals surface area contributed by atoms with Crippen molar-refractivity contribution in [2.75, 3.05) is 5.32 Å². The first kappa shape index (κ1) is 13.1. The van der Waals surface area contributed by atoms with Crippen molar-refractivity contribution in [3.8, 4) is 5.88 Å². The molecule has 1 heterocycles. The quantitative estimate of drug-likeness (QED) is 0.889. The Balaban J connectivity index is 1.96. The third-order valence-corrected chi connectivity index (χ3v) is 3.26. The molecule has 0 aliphatic heterocycles. The Kier molecular flexibility index (Phi) is 4.39. The maximum atomic E-state index is 5.57. The van der Waals surface area contributed by atoms with E-state index >= 15 is 0 Å². The molecule has 2 unspecified atom stereocenters. The van der Waals surface area contributed by atoms with Crippen LogP contribution in [-0.2, 0) is 0 Å². The molecule has 1 aromatic rings. The van der Waals surface area contributed by atoms with Gasteiger partial charge in [0, 0.05) is 18.3 Å². The van der Waals surface area contributed by atoms with Crippen molar-refractivity contribution in [1.29, 1.82) is 0 Å². The number of ether oxygens (including phenoxy) is 1. The highest BCUT2D eigenvalue weighted by atomic mass is 16.5. The molecular formula is C14H23N3O. The smallest absolute Gasteiger partial charge is 0.226 e. The van der Waals surface area contributed by atoms with Gasteiger partial charge in [-0.3, -0.25) is 0 Å². The number of nitrogens with zero attached hydrogens (tertiary/aromatic N) is 2. The Morgan fingerprint density at radius 3 is 2.94 bits per heavy atom. The highest BCUT2D eigenvalue weighted by Gasteiger charge is 2.19. The number of aromatic nitrogens is 2. The van der Waals surface area contributed by atoms with Crippen molar-refractivity contribution in [3.63, 3.8) is 0 Å². The molecule has 1 saturated carbocycles. The second kappa shape index (κ2) is 6.03. The minimum atomic E-state index is 0.141. The Morgan fingerprint density at radius 2 is 2.22 bits per heavy atom. The second-order valence-corrected chi connectivity index (χ2v) is 5.50. The zero-order chi connectivity index (χ0) is 13.0. The highest BCUT2D eigenvalue weighted by Crippen LogP contribution is 2.25. The van der Waals surface area contributed by atoms with E-state index < -0.39 is 0 Å². The summed E-state index contributed by atoms with van der Waals surface area (Å²) in [6.07, 6.45) is 6.94. The van der Waals surface area contributed by atoms with Crippen LogP contribution in [0.4, 0.5) is 5.95 Å². The molecule has 0 radical (unpaired) electrons. The van der Waals surface area contributed by atoms with Crippen molar-refractivity contribution in [2.24, 2.45) is 5.92 Å². The standard InChI is InChI=1S/C14H23N3O/c1-10(2)18-13-7-8-15-14(17-13)16-12-6-4-5-11(3)9-12/h7-8,10-12H,4-6,9H2,1-3H3,(H,15,16,17). The molecule has 0 amide bonds. The fourth-order valence-electron chi connectivity index (χ4n) is 2.47. The molecular weight excluding hydrogens is 226 g/mol. The average Bonchev–Trinajstić information content (AvgIpc) is 2.28. The molecule has 0 spiro atoms. The van der Waals surface area contributed by atoms with Gasteiger partial charge in [0.1, 0.15) is 0 Å². The number of hydrogen-bond donors (Lipinski definition) is 1. The fraction of sp³-hybridized carbons (Fsp3) is 0.714. The summed E-state index contributed by atoms with van der Waals surface area (Å²) in [6, 6.07) is 2.30. The Labute approximate surface area is 109 Å². The molecule has 2 atom stereocenters. The molecule has 1 fully saturated rings. The van der Waals surface area contributed by atoms with Crippen LogP contribution in [0.5, 0.6) is 5.88 Å². The third-order valence-electron chi connectivity index (χ3n) is 3.26. The Morgan fingerprint density at radius 1 is 1.39 bits per heavy atom. The topological polar surface area (TPSA) is 47.0 Å². The van der Waals surface area contributed by atoms with E-state index in [2.05, 4.69) is 22.2 Å². The number of anilines is 1. The van der Waals surface area contributed by atoms with E-state index in [1.807, 2.05) is 13.8 Å². The average molecular weight is 249 g/mol. The van der Waals surface area contributed by atoms with E-state index in [4.69, 9.17) is 4.74 Å². The summed E-state index contributed by atoms with van der Waals surface area (Å²) in [5, 5.41) is 3.42. The third kappa shape index (κ3) is 3.86. The molecule has 4 nitrogen and oxygen atoms in total. The van der Waals surface area contributed by atoms with Crippen molar-refractivity contribution < 1.29 is 4.74 Å². The molecule has 1 aliphatic rings. The summed E-state index contributed by atoms with van der Waals surface area (Å²) >= 11 is 0. The first-order valence-electron chi connectivity index (χ1n) is 6.89. The van der Waals surface area contributed by atoms with Gasteiger partial charge in [0.15, 0.2) is 0 Å². The van der Waals surface area contributed by atoms with E-state index in [1.54, 1.807) is 12.3 Å². The fourth-order valence-corrected chi connectivity index (χ4v) is 2.47. The van der Waals surface area contributed by atoms with Gasteiger partial charge in [-0.25, -0.2) is 4.98 Å². The highest BCUT2D eigenvalue weighted by molar-refractivity contribution is 5.29. The molecule has 0 bridgehead atoms. The predicted molar refractivity (Wildman–Crippen MR) is 72.8 cm³/mol. The Hall–Kier alpha value is -1.32. The molecule has 4 heteroatoms. The molecule has 1 N–H and O–H groups in total. The molecule has 0 aromatic carbocycles. The first-order valence-corrected chi connectivity index (χ1v) is 6.89. The summed E-state index contributed by atoms with van der Waals surface area (Å²) in [6.45, 7) is 6.31. The zero-order valence-corrected chi connectivity index (χ0v) is 11.5. The first-order chi connectivity index (χ1) is 8.63. The van der Waals surface area contributed by atoms with E-state index in [1.165, 1.54) is 25.7 Å². The predicted octanol–water partition coefficient (Wildman–Crippen LogP) is 3.25. The maximum absolute atomic E-state index is 5.57. The van der Waals surface area contributed by atoms with E-state index in [9.17, 15) is 0 Å². The number of rotatable bonds is 4. The van der Waals surface area contributed by atoms with Gasteiger partial charge in [0.2, 0.25) is 11.8 Å². The molecule has 100 valence electrons. The lowest BCUT2D eigenvalue weighted by Crippen LogP contribution is -2.27. The van der Waals surface area contributed by atoms with Crippen LogP contribution in [-0.4, -0.2) is 22.1 Å². The van der Waals surface area contributed by atoms with Crippen molar-refractivity contribution in [2.45, 2.75) is 58.6 Å². The van der Waals surface area contributed by atoms with Crippen LogP contribution < -0.4 is 10.1 Å². The van der Waals surface area contributed by atoms with Gasteiger partial charge in [0.25, 0.3) is 0 Å². The summed E-state index contributed by atoms with van der Waals surface area (Å²) in [4.78, 5) is 8.65. The Bertz CT molecular complexity index is 381. The summed E-state index contributed by atoms with van der Waals surface area (Å²) in [5.41, 5.74) is 0. The largest absolute Gasteiger partial charge is 0.475 e.